The van der Waals surface area contributed by atoms with Gasteiger partial charge in [-0.2, -0.15) is 0 Å². The Labute approximate surface area is 109 Å². The summed E-state index contributed by atoms with van der Waals surface area (Å²) in [5, 5.41) is 18.9. The third kappa shape index (κ3) is 6.91. The molecule has 0 fully saturated rings. The third-order valence-electron chi connectivity index (χ3n) is 2.52. The molecule has 1 N–H and O–H groups in total. The normalized spacial score (nSPS) is 9.78. The summed E-state index contributed by atoms with van der Waals surface area (Å²) < 4.78 is 0. The van der Waals surface area contributed by atoms with E-state index in [9.17, 15) is 9.90 Å². The first-order valence-corrected chi connectivity index (χ1v) is 6.27. The molecule has 0 aliphatic carbocycles. The van der Waals surface area contributed by atoms with Gasteiger partial charge in [0.05, 0.1) is 5.56 Å². The molecule has 0 saturated carbocycles. The predicted octanol–water partition coefficient (Wildman–Crippen LogP) is 2.20. The summed E-state index contributed by atoms with van der Waals surface area (Å²) in [5.74, 6) is -1.35. The molecule has 0 aliphatic heterocycles. The highest BCUT2D eigenvalue weighted by Crippen LogP contribution is 2.06. The summed E-state index contributed by atoms with van der Waals surface area (Å²) in [4.78, 5) is 12.6. The van der Waals surface area contributed by atoms with Crippen molar-refractivity contribution >= 4 is 5.97 Å². The molecule has 0 radical (unpaired) electrons. The number of rotatable bonds is 5. The molecule has 18 heavy (non-hydrogen) atoms. The van der Waals surface area contributed by atoms with Crippen molar-refractivity contribution in [1.82, 2.24) is 4.90 Å². The number of carboxylic acid groups (broad SMARTS) is 1. The number of aromatic carboxylic acids is 1. The highest BCUT2D eigenvalue weighted by Gasteiger charge is 1.97. The molecule has 0 spiro atoms. The van der Waals surface area contributed by atoms with Crippen LogP contribution in [-0.2, 0) is 0 Å². The van der Waals surface area contributed by atoms with Crippen molar-refractivity contribution in [3.63, 3.8) is 0 Å². The quantitative estimate of drug-likeness (QED) is 0.872. The number of benzene rings is 1. The molecule has 102 valence electrons. The molecule has 0 unspecified atom stereocenters. The summed E-state index contributed by atoms with van der Waals surface area (Å²) in [5.41, 5.74) is 0.0347. The highest BCUT2D eigenvalue weighted by molar-refractivity contribution is 5.87. The lowest BCUT2D eigenvalue weighted by Gasteiger charge is -2.15. The minimum Gasteiger partial charge on any atom is -0.872 e. The molecule has 0 amide bonds. The van der Waals surface area contributed by atoms with Crippen molar-refractivity contribution in [2.45, 2.75) is 27.2 Å². The number of carbonyl (C=O) groups is 1. The lowest BCUT2D eigenvalue weighted by molar-refractivity contribution is -0.268. The van der Waals surface area contributed by atoms with Crippen molar-refractivity contribution in [3.8, 4) is 5.75 Å². The van der Waals surface area contributed by atoms with E-state index in [-0.39, 0.29) is 11.3 Å². The number of carboxylic acids is 1. The molecule has 4 heteroatoms. The van der Waals surface area contributed by atoms with Gasteiger partial charge < -0.3 is 15.1 Å². The number of hydrogen-bond acceptors (Lipinski definition) is 3. The Morgan fingerprint density at radius 1 is 1.28 bits per heavy atom. The molecule has 0 aromatic heterocycles. The van der Waals surface area contributed by atoms with Gasteiger partial charge in [-0.25, -0.2) is 4.79 Å². The molecular weight excluding hydrogens is 230 g/mol. The summed E-state index contributed by atoms with van der Waals surface area (Å²) in [6.45, 7) is 10.3. The minimum absolute atomic E-state index is 0.0347. The van der Waals surface area contributed by atoms with Gasteiger partial charge in [-0.1, -0.05) is 39.0 Å². The van der Waals surface area contributed by atoms with Crippen LogP contribution in [0.25, 0.3) is 0 Å². The van der Waals surface area contributed by atoms with Gasteiger partial charge in [0, 0.05) is 0 Å². The van der Waals surface area contributed by atoms with E-state index < -0.39 is 5.97 Å². The van der Waals surface area contributed by atoms with Crippen LogP contribution in [0.4, 0.5) is 0 Å². The van der Waals surface area contributed by atoms with Gasteiger partial charge in [0.15, 0.2) is 0 Å². The second-order valence-electron chi connectivity index (χ2n) is 3.86. The van der Waals surface area contributed by atoms with Crippen LogP contribution in [0.5, 0.6) is 5.75 Å². The Morgan fingerprint density at radius 3 is 2.17 bits per heavy atom. The molecular formula is C14H22NO3-. The fourth-order valence-corrected chi connectivity index (χ4v) is 1.49. The van der Waals surface area contributed by atoms with Gasteiger partial charge in [0.25, 0.3) is 0 Å². The average molecular weight is 252 g/mol. The Morgan fingerprint density at radius 2 is 1.89 bits per heavy atom. The summed E-state index contributed by atoms with van der Waals surface area (Å²) >= 11 is 0. The maximum atomic E-state index is 10.5. The fourth-order valence-electron chi connectivity index (χ4n) is 1.49. The van der Waals surface area contributed by atoms with Crippen molar-refractivity contribution in [2.75, 3.05) is 19.6 Å². The van der Waals surface area contributed by atoms with Gasteiger partial charge in [-0.3, -0.25) is 0 Å². The molecule has 0 atom stereocenters. The zero-order valence-corrected chi connectivity index (χ0v) is 11.3. The molecule has 0 bridgehead atoms. The van der Waals surface area contributed by atoms with Gasteiger partial charge in [0.1, 0.15) is 0 Å². The van der Waals surface area contributed by atoms with Gasteiger partial charge in [-0.15, -0.1) is 5.75 Å². The van der Waals surface area contributed by atoms with Crippen LogP contribution < -0.4 is 5.11 Å². The zero-order valence-electron chi connectivity index (χ0n) is 11.3. The topological polar surface area (TPSA) is 63.6 Å². The average Bonchev–Trinajstić information content (AvgIpc) is 2.36. The van der Waals surface area contributed by atoms with Crippen LogP contribution in [-0.4, -0.2) is 35.6 Å². The van der Waals surface area contributed by atoms with Crippen LogP contribution in [0.1, 0.15) is 37.6 Å². The minimum atomic E-state index is -1.07. The van der Waals surface area contributed by atoms with Crippen LogP contribution in [0.3, 0.4) is 0 Å². The van der Waals surface area contributed by atoms with Crippen molar-refractivity contribution in [2.24, 2.45) is 0 Å². The standard InChI is InChI=1S/C7H17N.C7H6O3/c1-4-7-8(5-2)6-3;8-6-3-1-2-5(4-6)7(9)10/h4-7H2,1-3H3;1-4,8H,(H,9,10)/p-1. The summed E-state index contributed by atoms with van der Waals surface area (Å²) in [6.07, 6.45) is 1.28. The van der Waals surface area contributed by atoms with Crippen molar-refractivity contribution in [3.05, 3.63) is 29.8 Å². The number of hydrogen-bond donors (Lipinski definition) is 1. The van der Waals surface area contributed by atoms with Crippen molar-refractivity contribution < 1.29 is 15.0 Å². The van der Waals surface area contributed by atoms with E-state index in [0.29, 0.717) is 0 Å². The van der Waals surface area contributed by atoms with E-state index in [1.54, 1.807) is 0 Å². The molecule has 4 nitrogen and oxygen atoms in total. The molecule has 0 saturated heterocycles. The van der Waals surface area contributed by atoms with E-state index in [1.165, 1.54) is 44.3 Å². The van der Waals surface area contributed by atoms with Gasteiger partial charge >= 0.3 is 5.97 Å². The number of nitrogens with zero attached hydrogens (tertiary/aromatic N) is 1. The first-order chi connectivity index (χ1) is 8.54. The van der Waals surface area contributed by atoms with E-state index in [2.05, 4.69) is 25.7 Å². The Balaban J connectivity index is 0.000000331. The predicted molar refractivity (Wildman–Crippen MR) is 70.9 cm³/mol. The van der Waals surface area contributed by atoms with E-state index in [1.807, 2.05) is 0 Å². The van der Waals surface area contributed by atoms with Crippen LogP contribution >= 0.6 is 0 Å². The lowest BCUT2D eigenvalue weighted by atomic mass is 10.2. The Bertz CT molecular complexity index is 349. The van der Waals surface area contributed by atoms with Crippen LogP contribution in [0.2, 0.25) is 0 Å². The molecule has 1 aromatic carbocycles. The molecule has 0 heterocycles. The highest BCUT2D eigenvalue weighted by atomic mass is 16.4. The smallest absolute Gasteiger partial charge is 0.335 e. The SMILES string of the molecule is CCCN(CC)CC.O=C(O)c1cccc([O-])c1. The second-order valence-corrected chi connectivity index (χ2v) is 3.86. The Kier molecular flexibility index (Phi) is 8.66. The first-order valence-electron chi connectivity index (χ1n) is 6.27. The molecule has 1 aromatic rings. The first kappa shape index (κ1) is 16.4. The third-order valence-corrected chi connectivity index (χ3v) is 2.52. The maximum absolute atomic E-state index is 10.5. The van der Waals surface area contributed by atoms with E-state index in [0.717, 1.165) is 6.07 Å². The molecule has 1 rings (SSSR count). The Hall–Kier alpha value is -1.55. The maximum Gasteiger partial charge on any atom is 0.335 e. The zero-order chi connectivity index (χ0) is 14.0. The monoisotopic (exact) mass is 252 g/mol. The van der Waals surface area contributed by atoms with Crippen LogP contribution in [0, 0.1) is 0 Å². The lowest BCUT2D eigenvalue weighted by Crippen LogP contribution is -2.23. The summed E-state index contributed by atoms with van der Waals surface area (Å²) in [6, 6.07) is 5.20. The van der Waals surface area contributed by atoms with E-state index >= 15 is 0 Å². The van der Waals surface area contributed by atoms with Crippen molar-refractivity contribution in [1.29, 1.82) is 0 Å². The second kappa shape index (κ2) is 9.48. The fraction of sp³-hybridized carbons (Fsp3) is 0.500. The molecule has 0 aliphatic rings. The van der Waals surface area contributed by atoms with Crippen LogP contribution in [0.15, 0.2) is 24.3 Å². The largest absolute Gasteiger partial charge is 0.872 e. The summed E-state index contributed by atoms with van der Waals surface area (Å²) in [7, 11) is 0. The van der Waals surface area contributed by atoms with E-state index in [4.69, 9.17) is 5.11 Å². The van der Waals surface area contributed by atoms with Gasteiger partial charge in [-0.05, 0) is 32.1 Å². The van der Waals surface area contributed by atoms with Gasteiger partial charge in [0.2, 0.25) is 0 Å².